The van der Waals surface area contributed by atoms with Crippen molar-refractivity contribution in [1.82, 2.24) is 0 Å². The van der Waals surface area contributed by atoms with Gasteiger partial charge in [0.05, 0.1) is 5.69 Å². The molecule has 420 valence electrons. The van der Waals surface area contributed by atoms with Gasteiger partial charge in [-0.2, -0.15) is 0 Å². The van der Waals surface area contributed by atoms with Crippen LogP contribution in [0.15, 0.2) is 179 Å². The summed E-state index contributed by atoms with van der Waals surface area (Å²) in [6, 6.07) is 52.4. The SMILES string of the molecule is Cc1cc2c(cc1C1C=C3C4=C(C1C)N(c1ccc(C(C)(C)C)cc1)c1c(sc5cc6c(cc15)C(C)(C)CCC6(C)C)B4C1=C(C=C(N(c4ccccc4)c4ccccc4)CC1C)N3c1ccc(C(C)(C)C)cc1)C(C)(C)CCC2(C)C. The van der Waals surface area contributed by atoms with Crippen molar-refractivity contribution < 1.29 is 0 Å². The van der Waals surface area contributed by atoms with Gasteiger partial charge in [-0.25, -0.2) is 0 Å². The lowest BCUT2D eigenvalue weighted by Crippen LogP contribution is -2.54. The van der Waals surface area contributed by atoms with Gasteiger partial charge in [-0.05, 0) is 194 Å². The highest BCUT2D eigenvalue weighted by Gasteiger charge is 2.54. The molecule has 0 fully saturated rings. The molecule has 0 saturated carbocycles. The average molecular weight is 1100 g/mol. The Morgan fingerprint density at radius 2 is 1.05 bits per heavy atom. The van der Waals surface area contributed by atoms with E-state index in [2.05, 4.69) is 289 Å². The highest BCUT2D eigenvalue weighted by molar-refractivity contribution is 7.32. The summed E-state index contributed by atoms with van der Waals surface area (Å²) in [6.45, 7) is 41.7. The van der Waals surface area contributed by atoms with Gasteiger partial charge in [0.15, 0.2) is 0 Å². The number of rotatable bonds is 6. The summed E-state index contributed by atoms with van der Waals surface area (Å²) in [5.74, 6) is 0.439. The molecule has 7 aromatic rings. The van der Waals surface area contributed by atoms with Gasteiger partial charge < -0.3 is 14.7 Å². The maximum Gasteiger partial charge on any atom is 0.260 e. The summed E-state index contributed by atoms with van der Waals surface area (Å²) in [6.07, 6.45) is 11.1. The van der Waals surface area contributed by atoms with Gasteiger partial charge in [0, 0.05) is 72.2 Å². The van der Waals surface area contributed by atoms with Gasteiger partial charge >= 0.3 is 0 Å². The normalized spacial score (nSPS) is 22.2. The summed E-state index contributed by atoms with van der Waals surface area (Å²) in [5.41, 5.74) is 26.7. The fourth-order valence-corrected chi connectivity index (χ4v) is 17.0. The second-order valence-electron chi connectivity index (χ2n) is 30.4. The molecule has 0 spiro atoms. The van der Waals surface area contributed by atoms with Crippen LogP contribution in [0.1, 0.15) is 193 Å². The van der Waals surface area contributed by atoms with E-state index >= 15 is 0 Å². The van der Waals surface area contributed by atoms with E-state index in [1.165, 1.54) is 147 Å². The highest BCUT2D eigenvalue weighted by atomic mass is 32.1. The molecule has 3 nitrogen and oxygen atoms in total. The first kappa shape index (κ1) is 54.9. The van der Waals surface area contributed by atoms with E-state index in [0.29, 0.717) is 0 Å². The second-order valence-corrected chi connectivity index (χ2v) is 31.5. The molecule has 0 N–H and O–H groups in total. The number of nitrogens with zero attached hydrogens (tertiary/aromatic N) is 3. The predicted molar refractivity (Wildman–Crippen MR) is 355 cm³/mol. The zero-order chi connectivity index (χ0) is 58.0. The quantitative estimate of drug-likeness (QED) is 0.154. The van der Waals surface area contributed by atoms with Crippen LogP contribution < -0.4 is 19.5 Å². The third-order valence-corrected chi connectivity index (χ3v) is 22.1. The fourth-order valence-electron chi connectivity index (χ4n) is 15.7. The summed E-state index contributed by atoms with van der Waals surface area (Å²) >= 11 is 2.09. The van der Waals surface area contributed by atoms with Crippen LogP contribution in [-0.2, 0) is 32.5 Å². The molecule has 2 aliphatic heterocycles. The van der Waals surface area contributed by atoms with Crippen molar-refractivity contribution in [3.05, 3.63) is 224 Å². The van der Waals surface area contributed by atoms with E-state index in [1.807, 2.05) is 0 Å². The van der Waals surface area contributed by atoms with Crippen LogP contribution in [0.25, 0.3) is 10.1 Å². The van der Waals surface area contributed by atoms with Crippen LogP contribution in [0.3, 0.4) is 0 Å². The zero-order valence-electron chi connectivity index (χ0n) is 52.5. The summed E-state index contributed by atoms with van der Waals surface area (Å²) in [7, 11) is 0. The minimum atomic E-state index is 0.00846. The van der Waals surface area contributed by atoms with E-state index < -0.39 is 0 Å². The molecule has 3 atom stereocenters. The number of thiophene rings is 1. The lowest BCUT2D eigenvalue weighted by Gasteiger charge is -2.52. The molecule has 0 bridgehead atoms. The van der Waals surface area contributed by atoms with Gasteiger partial charge in [0.2, 0.25) is 0 Å². The van der Waals surface area contributed by atoms with Crippen molar-refractivity contribution in [3.8, 4) is 0 Å². The van der Waals surface area contributed by atoms with Crippen molar-refractivity contribution in [2.24, 2.45) is 11.8 Å². The minimum Gasteiger partial charge on any atom is -0.314 e. The molecule has 0 saturated heterocycles. The summed E-state index contributed by atoms with van der Waals surface area (Å²) in [4.78, 5) is 8.12. The molecule has 0 radical (unpaired) electrons. The van der Waals surface area contributed by atoms with Crippen molar-refractivity contribution in [3.63, 3.8) is 0 Å². The smallest absolute Gasteiger partial charge is 0.260 e. The molecule has 3 heterocycles. The molecule has 4 aliphatic carbocycles. The third-order valence-electron chi connectivity index (χ3n) is 20.9. The number of para-hydroxylation sites is 2. The van der Waals surface area contributed by atoms with Crippen molar-refractivity contribution >= 4 is 61.3 Å². The number of anilines is 5. The summed E-state index contributed by atoms with van der Waals surface area (Å²) < 4.78 is 2.90. The van der Waals surface area contributed by atoms with E-state index in [1.54, 1.807) is 0 Å². The molecule has 5 heteroatoms. The molecule has 6 aromatic carbocycles. The highest BCUT2D eigenvalue weighted by Crippen LogP contribution is 2.60. The minimum absolute atomic E-state index is 0.00846. The lowest BCUT2D eigenvalue weighted by atomic mass is 9.31. The molecule has 1 aromatic heterocycles. The van der Waals surface area contributed by atoms with Crippen LogP contribution in [0.4, 0.5) is 28.4 Å². The molecule has 82 heavy (non-hydrogen) atoms. The molecule has 13 rings (SSSR count). The number of aryl methyl sites for hydroxylation is 1. The first-order valence-corrected chi connectivity index (χ1v) is 31.9. The first-order valence-electron chi connectivity index (χ1n) is 31.0. The first-order chi connectivity index (χ1) is 38.6. The molecular weight excluding hydrogens is 1010 g/mol. The van der Waals surface area contributed by atoms with Crippen LogP contribution in [0, 0.1) is 18.8 Å². The van der Waals surface area contributed by atoms with Gasteiger partial charge in [-0.1, -0.05) is 195 Å². The second kappa shape index (κ2) is 18.9. The van der Waals surface area contributed by atoms with Crippen LogP contribution >= 0.6 is 11.3 Å². The maximum atomic E-state index is 2.83. The standard InChI is InChI=1S/C77H88BN3S/c1-47-41-60-61(75(12,13)37-36-74(60,10)11)43-57(47)58-45-65-68-69(49(58)3)81(55-34-30-51(31-35-55)73(7,8)9)70-59-44-62-63(77(16,17)39-38-76(62,14)15)46-66(59)82-71(70)78(68)67-48(2)40-56(79(52-24-20-18-21-25-52)53-26-22-19-23-27-53)42-64(67)80(65)54-32-28-50(29-33-54)72(4,5)6/h18-35,41-46,48-49,58H,36-40H2,1-17H3. The van der Waals surface area contributed by atoms with E-state index in [4.69, 9.17) is 0 Å². The number of fused-ring (bicyclic) bond motifs is 7. The Balaban J connectivity index is 1.17. The largest absolute Gasteiger partial charge is 0.314 e. The predicted octanol–water partition coefficient (Wildman–Crippen LogP) is 20.5. The van der Waals surface area contributed by atoms with Gasteiger partial charge in [0.1, 0.15) is 0 Å². The van der Waals surface area contributed by atoms with Crippen LogP contribution in [0.5, 0.6) is 0 Å². The van der Waals surface area contributed by atoms with Crippen molar-refractivity contribution in [1.29, 1.82) is 0 Å². The number of hydrogen-bond acceptors (Lipinski definition) is 4. The zero-order valence-corrected chi connectivity index (χ0v) is 53.3. The Kier molecular flexibility index (Phi) is 12.6. The van der Waals surface area contributed by atoms with E-state index in [9.17, 15) is 0 Å². The summed E-state index contributed by atoms with van der Waals surface area (Å²) in [5, 5.41) is 1.41. The Hall–Kier alpha value is -6.30. The van der Waals surface area contributed by atoms with E-state index in [-0.39, 0.29) is 57.0 Å². The number of allylic oxidation sites excluding steroid dienone is 6. The van der Waals surface area contributed by atoms with Crippen molar-refractivity contribution in [2.45, 2.75) is 188 Å². The molecule has 3 unspecified atom stereocenters. The third kappa shape index (κ3) is 8.69. The number of hydrogen-bond donors (Lipinski definition) is 0. The average Bonchev–Trinajstić information content (AvgIpc) is 1.52. The van der Waals surface area contributed by atoms with Crippen LogP contribution in [0.2, 0.25) is 0 Å². The molecular formula is C77H88BN3S. The van der Waals surface area contributed by atoms with E-state index in [0.717, 1.165) is 6.42 Å². The topological polar surface area (TPSA) is 9.72 Å². The molecule has 6 aliphatic rings. The Morgan fingerprint density at radius 1 is 0.573 bits per heavy atom. The Morgan fingerprint density at radius 3 is 1.56 bits per heavy atom. The Bertz CT molecular complexity index is 3810. The van der Waals surface area contributed by atoms with Crippen molar-refractivity contribution in [2.75, 3.05) is 14.7 Å². The molecule has 0 amide bonds. The number of benzene rings is 6. The monoisotopic (exact) mass is 1100 g/mol. The lowest BCUT2D eigenvalue weighted by molar-refractivity contribution is 0.331. The van der Waals surface area contributed by atoms with Gasteiger partial charge in [0.25, 0.3) is 6.71 Å². The van der Waals surface area contributed by atoms with Gasteiger partial charge in [-0.15, -0.1) is 11.3 Å². The van der Waals surface area contributed by atoms with Crippen LogP contribution in [-0.4, -0.2) is 6.71 Å². The maximum absolute atomic E-state index is 2.83. The Labute approximate surface area is 497 Å². The van der Waals surface area contributed by atoms with Gasteiger partial charge in [-0.3, -0.25) is 0 Å². The fraction of sp³-hybridized carbons (Fsp3) is 0.403.